The van der Waals surface area contributed by atoms with Gasteiger partial charge in [-0.2, -0.15) is 4.98 Å². The second-order valence-corrected chi connectivity index (χ2v) is 5.20. The normalized spacial score (nSPS) is 13.0. The lowest BCUT2D eigenvalue weighted by Gasteiger charge is -2.17. The molecule has 0 unspecified atom stereocenters. The Labute approximate surface area is 137 Å². The standard InChI is InChI=1S/C17H13N3O4/c1-22-12-5-2-10(3-6-12)16-19-17(24-20-16)11-4-7-13-14(8-11)23-9-15(21)18-13/h2-8H,9H2,1H3,(H,18,21). The van der Waals surface area contributed by atoms with Gasteiger partial charge in [0.15, 0.2) is 6.61 Å². The molecule has 1 aliphatic heterocycles. The number of methoxy groups -OCH3 is 1. The van der Waals surface area contributed by atoms with Gasteiger partial charge in [-0.15, -0.1) is 0 Å². The molecular formula is C17H13N3O4. The zero-order valence-corrected chi connectivity index (χ0v) is 12.8. The summed E-state index contributed by atoms with van der Waals surface area (Å²) in [5, 5.41) is 6.74. The molecule has 0 fully saturated rings. The number of carbonyl (C=O) groups is 1. The Balaban J connectivity index is 1.63. The topological polar surface area (TPSA) is 86.5 Å². The molecule has 120 valence electrons. The summed E-state index contributed by atoms with van der Waals surface area (Å²) in [6.07, 6.45) is 0. The Morgan fingerprint density at radius 1 is 1.12 bits per heavy atom. The van der Waals surface area contributed by atoms with Gasteiger partial charge in [-0.25, -0.2) is 0 Å². The van der Waals surface area contributed by atoms with Crippen LogP contribution in [-0.4, -0.2) is 29.8 Å². The minimum atomic E-state index is -0.171. The molecule has 2 aromatic carbocycles. The van der Waals surface area contributed by atoms with Crippen LogP contribution in [-0.2, 0) is 4.79 Å². The van der Waals surface area contributed by atoms with Gasteiger partial charge in [0.1, 0.15) is 11.5 Å². The first kappa shape index (κ1) is 14.3. The van der Waals surface area contributed by atoms with Crippen LogP contribution < -0.4 is 14.8 Å². The fourth-order valence-corrected chi connectivity index (χ4v) is 2.41. The van der Waals surface area contributed by atoms with Crippen molar-refractivity contribution in [1.29, 1.82) is 0 Å². The molecule has 7 nitrogen and oxygen atoms in total. The van der Waals surface area contributed by atoms with Crippen LogP contribution in [0.15, 0.2) is 47.0 Å². The number of ether oxygens (including phenoxy) is 2. The van der Waals surface area contributed by atoms with Crippen LogP contribution in [0.25, 0.3) is 22.8 Å². The van der Waals surface area contributed by atoms with Crippen molar-refractivity contribution < 1.29 is 18.8 Å². The number of carbonyl (C=O) groups excluding carboxylic acids is 1. The van der Waals surface area contributed by atoms with E-state index in [0.29, 0.717) is 23.2 Å². The van der Waals surface area contributed by atoms with Crippen LogP contribution in [0.2, 0.25) is 0 Å². The van der Waals surface area contributed by atoms with Crippen molar-refractivity contribution in [2.75, 3.05) is 19.0 Å². The maximum atomic E-state index is 11.3. The van der Waals surface area contributed by atoms with E-state index in [2.05, 4.69) is 15.5 Å². The molecule has 1 aromatic heterocycles. The smallest absolute Gasteiger partial charge is 0.262 e. The molecule has 0 bridgehead atoms. The highest BCUT2D eigenvalue weighted by Crippen LogP contribution is 2.33. The predicted molar refractivity (Wildman–Crippen MR) is 85.8 cm³/mol. The second kappa shape index (κ2) is 5.69. The van der Waals surface area contributed by atoms with E-state index >= 15 is 0 Å². The largest absolute Gasteiger partial charge is 0.497 e. The number of fused-ring (bicyclic) bond motifs is 1. The van der Waals surface area contributed by atoms with Gasteiger partial charge < -0.3 is 19.3 Å². The molecule has 4 rings (SSSR count). The summed E-state index contributed by atoms with van der Waals surface area (Å²) in [6, 6.07) is 12.7. The molecule has 0 aliphatic carbocycles. The van der Waals surface area contributed by atoms with Crippen molar-refractivity contribution in [3.8, 4) is 34.3 Å². The lowest BCUT2D eigenvalue weighted by atomic mass is 10.1. The highest BCUT2D eigenvalue weighted by molar-refractivity contribution is 5.95. The van der Waals surface area contributed by atoms with Crippen LogP contribution in [0.3, 0.4) is 0 Å². The van der Waals surface area contributed by atoms with Crippen LogP contribution in [0.1, 0.15) is 0 Å². The molecule has 1 aliphatic rings. The van der Waals surface area contributed by atoms with Crippen molar-refractivity contribution in [2.24, 2.45) is 0 Å². The maximum Gasteiger partial charge on any atom is 0.262 e. The Morgan fingerprint density at radius 2 is 1.92 bits per heavy atom. The molecule has 0 atom stereocenters. The first-order valence-electron chi connectivity index (χ1n) is 7.28. The number of amides is 1. The molecule has 0 radical (unpaired) electrons. The van der Waals surface area contributed by atoms with Crippen molar-refractivity contribution in [3.05, 3.63) is 42.5 Å². The first-order valence-corrected chi connectivity index (χ1v) is 7.28. The Morgan fingerprint density at radius 3 is 2.71 bits per heavy atom. The van der Waals surface area contributed by atoms with E-state index in [-0.39, 0.29) is 12.5 Å². The highest BCUT2D eigenvalue weighted by Gasteiger charge is 2.18. The zero-order valence-electron chi connectivity index (χ0n) is 12.8. The fraction of sp³-hybridized carbons (Fsp3) is 0.118. The predicted octanol–water partition coefficient (Wildman–Crippen LogP) is 2.74. The minimum absolute atomic E-state index is 0.00259. The first-order chi connectivity index (χ1) is 11.7. The van der Waals surface area contributed by atoms with E-state index in [0.717, 1.165) is 16.9 Å². The summed E-state index contributed by atoms with van der Waals surface area (Å²) in [5.41, 5.74) is 2.18. The van der Waals surface area contributed by atoms with E-state index in [1.54, 1.807) is 25.3 Å². The average molecular weight is 323 g/mol. The number of hydrogen-bond acceptors (Lipinski definition) is 6. The van der Waals surface area contributed by atoms with Crippen molar-refractivity contribution in [1.82, 2.24) is 10.1 Å². The van der Waals surface area contributed by atoms with Gasteiger partial charge >= 0.3 is 0 Å². The molecule has 0 spiro atoms. The summed E-state index contributed by atoms with van der Waals surface area (Å²) >= 11 is 0. The fourth-order valence-electron chi connectivity index (χ4n) is 2.41. The number of rotatable bonds is 3. The van der Waals surface area contributed by atoms with Crippen molar-refractivity contribution >= 4 is 11.6 Å². The number of benzene rings is 2. The van der Waals surface area contributed by atoms with Crippen LogP contribution in [0.5, 0.6) is 11.5 Å². The van der Waals surface area contributed by atoms with E-state index < -0.39 is 0 Å². The van der Waals surface area contributed by atoms with E-state index in [4.69, 9.17) is 14.0 Å². The van der Waals surface area contributed by atoms with Crippen LogP contribution >= 0.6 is 0 Å². The quantitative estimate of drug-likeness (QED) is 0.797. The molecule has 24 heavy (non-hydrogen) atoms. The third-order valence-corrected chi connectivity index (χ3v) is 3.64. The number of nitrogens with one attached hydrogen (secondary N) is 1. The molecular weight excluding hydrogens is 310 g/mol. The molecule has 2 heterocycles. The summed E-state index contributed by atoms with van der Waals surface area (Å²) in [7, 11) is 1.61. The SMILES string of the molecule is COc1ccc(-c2noc(-c3ccc4c(c3)OCC(=O)N4)n2)cc1. The van der Waals surface area contributed by atoms with Gasteiger partial charge in [0.2, 0.25) is 5.82 Å². The summed E-state index contributed by atoms with van der Waals surface area (Å²) in [4.78, 5) is 15.7. The van der Waals surface area contributed by atoms with Gasteiger partial charge in [0.25, 0.3) is 11.8 Å². The van der Waals surface area contributed by atoms with E-state index in [9.17, 15) is 4.79 Å². The third kappa shape index (κ3) is 2.56. The third-order valence-electron chi connectivity index (χ3n) is 3.64. The number of nitrogens with zero attached hydrogens (tertiary/aromatic N) is 2. The van der Waals surface area contributed by atoms with Crippen LogP contribution in [0, 0.1) is 0 Å². The lowest BCUT2D eigenvalue weighted by Crippen LogP contribution is -2.25. The molecule has 7 heteroatoms. The molecule has 3 aromatic rings. The summed E-state index contributed by atoms with van der Waals surface area (Å²) in [6.45, 7) is -0.00259. The van der Waals surface area contributed by atoms with E-state index in [1.165, 1.54) is 0 Å². The molecule has 1 amide bonds. The Hall–Kier alpha value is -3.35. The highest BCUT2D eigenvalue weighted by atomic mass is 16.5. The van der Waals surface area contributed by atoms with Gasteiger partial charge in [-0.05, 0) is 42.5 Å². The van der Waals surface area contributed by atoms with Gasteiger partial charge in [0, 0.05) is 11.1 Å². The van der Waals surface area contributed by atoms with E-state index in [1.807, 2.05) is 24.3 Å². The lowest BCUT2D eigenvalue weighted by molar-refractivity contribution is -0.118. The van der Waals surface area contributed by atoms with Crippen LogP contribution in [0.4, 0.5) is 5.69 Å². The Kier molecular flexibility index (Phi) is 3.38. The van der Waals surface area contributed by atoms with Gasteiger partial charge in [-0.1, -0.05) is 5.16 Å². The molecule has 1 N–H and O–H groups in total. The van der Waals surface area contributed by atoms with Gasteiger partial charge in [0.05, 0.1) is 12.8 Å². The van der Waals surface area contributed by atoms with Gasteiger partial charge in [-0.3, -0.25) is 4.79 Å². The summed E-state index contributed by atoms with van der Waals surface area (Å²) in [5.74, 6) is 2.03. The summed E-state index contributed by atoms with van der Waals surface area (Å²) < 4.78 is 15.9. The maximum absolute atomic E-state index is 11.3. The average Bonchev–Trinajstić information content (AvgIpc) is 3.11. The number of anilines is 1. The molecule has 0 saturated heterocycles. The minimum Gasteiger partial charge on any atom is -0.497 e. The van der Waals surface area contributed by atoms with Crippen molar-refractivity contribution in [2.45, 2.75) is 0 Å². The number of aromatic nitrogens is 2. The second-order valence-electron chi connectivity index (χ2n) is 5.20. The molecule has 0 saturated carbocycles. The zero-order chi connectivity index (χ0) is 16.5. The Bertz CT molecular complexity index is 902. The number of hydrogen-bond donors (Lipinski definition) is 1. The monoisotopic (exact) mass is 323 g/mol. The van der Waals surface area contributed by atoms with Crippen molar-refractivity contribution in [3.63, 3.8) is 0 Å².